The quantitative estimate of drug-likeness (QED) is 0.655. The van der Waals surface area contributed by atoms with Gasteiger partial charge in [-0.15, -0.1) is 0 Å². The fraction of sp³-hybridized carbons (Fsp3) is 0.792. The smallest absolute Gasteiger partial charge is 0.245 e. The molecule has 0 radical (unpaired) electrons. The molecule has 3 unspecified atom stereocenters. The summed E-state index contributed by atoms with van der Waals surface area (Å²) in [5.41, 5.74) is 0. The molecule has 28 heavy (non-hydrogen) atoms. The average molecular weight is 386 g/mol. The molecule has 2 aliphatic heterocycles. The molecule has 4 rings (SSSR count). The molecule has 4 nitrogen and oxygen atoms in total. The maximum absolute atomic E-state index is 13.8. The summed E-state index contributed by atoms with van der Waals surface area (Å²) in [5.74, 6) is 2.30. The fourth-order valence-electron chi connectivity index (χ4n) is 5.50. The zero-order valence-electron chi connectivity index (χ0n) is 17.9. The van der Waals surface area contributed by atoms with Gasteiger partial charge in [-0.3, -0.25) is 4.79 Å². The van der Waals surface area contributed by atoms with Crippen molar-refractivity contribution in [1.82, 2.24) is 14.4 Å². The lowest BCUT2D eigenvalue weighted by Crippen LogP contribution is -2.52. The van der Waals surface area contributed by atoms with E-state index < -0.39 is 0 Å². The maximum atomic E-state index is 13.8. The molecule has 0 N–H and O–H groups in total. The first-order chi connectivity index (χ1) is 13.6. The van der Waals surface area contributed by atoms with Gasteiger partial charge < -0.3 is 14.4 Å². The SMILES string of the molecule is CC(C)CC(C(=O)N(CC1CC1)CC1CCCN2CCCCC12)n1cccc1. The van der Waals surface area contributed by atoms with E-state index in [2.05, 4.69) is 40.6 Å². The van der Waals surface area contributed by atoms with E-state index >= 15 is 0 Å². The first-order valence-electron chi connectivity index (χ1n) is 11.8. The van der Waals surface area contributed by atoms with Gasteiger partial charge in [-0.1, -0.05) is 20.3 Å². The number of fused-ring (bicyclic) bond motifs is 1. The molecule has 0 bridgehead atoms. The lowest BCUT2D eigenvalue weighted by molar-refractivity contribution is -0.137. The van der Waals surface area contributed by atoms with Crippen molar-refractivity contribution >= 4 is 5.91 Å². The van der Waals surface area contributed by atoms with Gasteiger partial charge in [-0.05, 0) is 87.9 Å². The first-order valence-corrected chi connectivity index (χ1v) is 11.8. The third-order valence-corrected chi connectivity index (χ3v) is 7.14. The minimum atomic E-state index is -0.0419. The van der Waals surface area contributed by atoms with Gasteiger partial charge in [0.1, 0.15) is 6.04 Å². The van der Waals surface area contributed by atoms with Crippen LogP contribution in [0.25, 0.3) is 0 Å². The van der Waals surface area contributed by atoms with E-state index in [9.17, 15) is 4.79 Å². The number of aromatic nitrogens is 1. The Morgan fingerprint density at radius 1 is 1.00 bits per heavy atom. The van der Waals surface area contributed by atoms with Gasteiger partial charge in [-0.2, -0.15) is 0 Å². The van der Waals surface area contributed by atoms with Crippen LogP contribution in [0.3, 0.4) is 0 Å². The Bertz CT molecular complexity index is 620. The van der Waals surface area contributed by atoms with Gasteiger partial charge in [0.2, 0.25) is 5.91 Å². The van der Waals surface area contributed by atoms with Gasteiger partial charge in [0.15, 0.2) is 0 Å². The van der Waals surface area contributed by atoms with Crippen LogP contribution >= 0.6 is 0 Å². The van der Waals surface area contributed by atoms with Gasteiger partial charge in [-0.25, -0.2) is 0 Å². The van der Waals surface area contributed by atoms with E-state index in [4.69, 9.17) is 0 Å². The van der Waals surface area contributed by atoms with E-state index in [0.717, 1.165) is 25.4 Å². The zero-order valence-corrected chi connectivity index (χ0v) is 17.9. The highest BCUT2D eigenvalue weighted by Gasteiger charge is 2.37. The number of piperidine rings is 2. The lowest BCUT2D eigenvalue weighted by Gasteiger charge is -2.46. The van der Waals surface area contributed by atoms with Gasteiger partial charge in [0.25, 0.3) is 0 Å². The average Bonchev–Trinajstić information content (AvgIpc) is 3.35. The van der Waals surface area contributed by atoms with Crippen LogP contribution in [-0.4, -0.2) is 52.5 Å². The van der Waals surface area contributed by atoms with Crippen molar-refractivity contribution in [3.63, 3.8) is 0 Å². The lowest BCUT2D eigenvalue weighted by atomic mass is 9.83. The molecular weight excluding hydrogens is 346 g/mol. The highest BCUT2D eigenvalue weighted by atomic mass is 16.2. The Morgan fingerprint density at radius 2 is 1.75 bits per heavy atom. The number of carbonyl (C=O) groups is 1. The van der Waals surface area contributed by atoms with Gasteiger partial charge in [0.05, 0.1) is 0 Å². The number of hydrogen-bond acceptors (Lipinski definition) is 2. The number of nitrogens with zero attached hydrogens (tertiary/aromatic N) is 3. The molecule has 2 saturated heterocycles. The second-order valence-electron chi connectivity index (χ2n) is 9.96. The summed E-state index contributed by atoms with van der Waals surface area (Å²) >= 11 is 0. The highest BCUT2D eigenvalue weighted by molar-refractivity contribution is 5.80. The molecule has 1 aromatic heterocycles. The molecule has 3 aliphatic rings. The van der Waals surface area contributed by atoms with Crippen LogP contribution in [0.4, 0.5) is 0 Å². The molecule has 1 aromatic rings. The first kappa shape index (κ1) is 20.0. The summed E-state index contributed by atoms with van der Waals surface area (Å²) < 4.78 is 2.15. The normalized spacial score (nSPS) is 26.8. The molecule has 0 aromatic carbocycles. The molecule has 4 heteroatoms. The number of hydrogen-bond donors (Lipinski definition) is 0. The van der Waals surface area contributed by atoms with Crippen LogP contribution in [0, 0.1) is 17.8 Å². The van der Waals surface area contributed by atoms with E-state index in [1.165, 1.54) is 58.0 Å². The standard InChI is InChI=1S/C24H39N3O/c1-19(2)16-23(26-13-5-6-14-26)24(28)27(17-20-10-11-20)18-21-8-7-15-25-12-4-3-9-22(21)25/h5-6,13-14,19-23H,3-4,7-12,15-18H2,1-2H3. The number of rotatable bonds is 8. The number of carbonyl (C=O) groups excluding carboxylic acids is 1. The Labute approximate surface area is 171 Å². The fourth-order valence-corrected chi connectivity index (χ4v) is 5.50. The topological polar surface area (TPSA) is 28.5 Å². The second kappa shape index (κ2) is 9.02. The Balaban J connectivity index is 1.50. The van der Waals surface area contributed by atoms with E-state index in [0.29, 0.717) is 23.8 Å². The Hall–Kier alpha value is -1.29. The minimum Gasteiger partial charge on any atom is -0.342 e. The second-order valence-corrected chi connectivity index (χ2v) is 9.96. The largest absolute Gasteiger partial charge is 0.342 e. The molecule has 3 atom stereocenters. The van der Waals surface area contributed by atoms with E-state index in [-0.39, 0.29) is 6.04 Å². The molecule has 0 spiro atoms. The van der Waals surface area contributed by atoms with Crippen molar-refractivity contribution in [3.05, 3.63) is 24.5 Å². The zero-order chi connectivity index (χ0) is 19.5. The van der Waals surface area contributed by atoms with Crippen LogP contribution in [0.2, 0.25) is 0 Å². The molecular formula is C24H39N3O. The third-order valence-electron chi connectivity index (χ3n) is 7.14. The van der Waals surface area contributed by atoms with Crippen LogP contribution in [-0.2, 0) is 4.79 Å². The maximum Gasteiger partial charge on any atom is 0.245 e. The third kappa shape index (κ3) is 4.82. The monoisotopic (exact) mass is 385 g/mol. The van der Waals surface area contributed by atoms with Crippen molar-refractivity contribution in [2.75, 3.05) is 26.2 Å². The van der Waals surface area contributed by atoms with Crippen LogP contribution < -0.4 is 0 Å². The predicted octanol–water partition coefficient (Wildman–Crippen LogP) is 4.58. The Kier molecular flexibility index (Phi) is 6.45. The molecule has 3 fully saturated rings. The molecule has 3 heterocycles. The summed E-state index contributed by atoms with van der Waals surface area (Å²) in [6, 6.07) is 4.77. The summed E-state index contributed by atoms with van der Waals surface area (Å²) in [4.78, 5) is 18.8. The minimum absolute atomic E-state index is 0.0419. The predicted molar refractivity (Wildman–Crippen MR) is 114 cm³/mol. The van der Waals surface area contributed by atoms with Crippen molar-refractivity contribution in [2.45, 2.75) is 77.3 Å². The van der Waals surface area contributed by atoms with Crippen LogP contribution in [0.15, 0.2) is 24.5 Å². The summed E-state index contributed by atoms with van der Waals surface area (Å²) in [5, 5.41) is 0. The summed E-state index contributed by atoms with van der Waals surface area (Å²) in [6.07, 6.45) is 14.4. The highest BCUT2D eigenvalue weighted by Crippen LogP contribution is 2.35. The van der Waals surface area contributed by atoms with Crippen LogP contribution in [0.1, 0.15) is 71.3 Å². The van der Waals surface area contributed by atoms with Crippen molar-refractivity contribution in [3.8, 4) is 0 Å². The van der Waals surface area contributed by atoms with E-state index in [1.807, 2.05) is 12.1 Å². The number of amides is 1. The van der Waals surface area contributed by atoms with Gasteiger partial charge >= 0.3 is 0 Å². The summed E-state index contributed by atoms with van der Waals surface area (Å²) in [7, 11) is 0. The molecule has 156 valence electrons. The van der Waals surface area contributed by atoms with E-state index in [1.54, 1.807) is 0 Å². The molecule has 1 amide bonds. The molecule has 1 saturated carbocycles. The van der Waals surface area contributed by atoms with Crippen molar-refractivity contribution in [2.24, 2.45) is 17.8 Å². The van der Waals surface area contributed by atoms with Gasteiger partial charge in [0, 0.05) is 31.5 Å². The molecule has 1 aliphatic carbocycles. The van der Waals surface area contributed by atoms with Crippen molar-refractivity contribution < 1.29 is 4.79 Å². The van der Waals surface area contributed by atoms with Crippen molar-refractivity contribution in [1.29, 1.82) is 0 Å². The Morgan fingerprint density at radius 3 is 2.46 bits per heavy atom. The van der Waals surface area contributed by atoms with Crippen LogP contribution in [0.5, 0.6) is 0 Å². The summed E-state index contributed by atoms with van der Waals surface area (Å²) in [6.45, 7) is 8.98.